The van der Waals surface area contributed by atoms with Crippen molar-refractivity contribution in [3.05, 3.63) is 46.2 Å². The molecule has 2 aromatic rings. The van der Waals surface area contributed by atoms with Gasteiger partial charge in [-0.05, 0) is 26.0 Å². The van der Waals surface area contributed by atoms with E-state index in [1.54, 1.807) is 23.6 Å². The molecule has 0 radical (unpaired) electrons. The van der Waals surface area contributed by atoms with Crippen LogP contribution in [-0.2, 0) is 0 Å². The van der Waals surface area contributed by atoms with Gasteiger partial charge < -0.3 is 10.4 Å². The van der Waals surface area contributed by atoms with E-state index in [9.17, 15) is 4.79 Å². The van der Waals surface area contributed by atoms with Gasteiger partial charge in [0.1, 0.15) is 5.01 Å². The molecule has 0 bridgehead atoms. The summed E-state index contributed by atoms with van der Waals surface area (Å²) in [5, 5.41) is 15.3. The molecule has 6 heteroatoms. The van der Waals surface area contributed by atoms with Gasteiger partial charge in [-0.3, -0.25) is 4.98 Å². The van der Waals surface area contributed by atoms with E-state index in [0.29, 0.717) is 5.69 Å². The summed E-state index contributed by atoms with van der Waals surface area (Å²) in [7, 11) is 0. The van der Waals surface area contributed by atoms with Crippen LogP contribution in [0.1, 0.15) is 47.0 Å². The Balaban J connectivity index is 2.09. The van der Waals surface area contributed by atoms with Gasteiger partial charge in [-0.2, -0.15) is 0 Å². The second-order valence-corrected chi connectivity index (χ2v) is 5.18. The third-order valence-electron chi connectivity index (χ3n) is 2.79. The zero-order valence-electron chi connectivity index (χ0n) is 10.7. The summed E-state index contributed by atoms with van der Waals surface area (Å²) in [5.74, 6) is -0.941. The summed E-state index contributed by atoms with van der Waals surface area (Å²) < 4.78 is 0. The number of nitrogens with zero attached hydrogens (tertiary/aromatic N) is 2. The smallest absolute Gasteiger partial charge is 0.335 e. The molecule has 0 saturated carbocycles. The number of rotatable bonds is 5. The Morgan fingerprint density at radius 2 is 2.11 bits per heavy atom. The SMILES string of the molecule is CC(N[C@H](C)c1nccs1)c1cc(C(=O)O)ccn1. The molecule has 0 aliphatic carbocycles. The van der Waals surface area contributed by atoms with Gasteiger partial charge in [0.25, 0.3) is 0 Å². The van der Waals surface area contributed by atoms with Gasteiger partial charge in [-0.1, -0.05) is 0 Å². The second kappa shape index (κ2) is 5.90. The number of carboxylic acid groups (broad SMARTS) is 1. The predicted molar refractivity (Wildman–Crippen MR) is 73.3 cm³/mol. The van der Waals surface area contributed by atoms with Crippen molar-refractivity contribution in [3.63, 3.8) is 0 Å². The lowest BCUT2D eigenvalue weighted by Gasteiger charge is -2.18. The molecule has 100 valence electrons. The Morgan fingerprint density at radius 3 is 2.74 bits per heavy atom. The number of pyridine rings is 1. The highest BCUT2D eigenvalue weighted by atomic mass is 32.1. The second-order valence-electron chi connectivity index (χ2n) is 4.25. The van der Waals surface area contributed by atoms with Gasteiger partial charge in [-0.25, -0.2) is 9.78 Å². The summed E-state index contributed by atoms with van der Waals surface area (Å²) in [6.45, 7) is 3.98. The molecular formula is C13H15N3O2S. The monoisotopic (exact) mass is 277 g/mol. The van der Waals surface area contributed by atoms with E-state index in [4.69, 9.17) is 5.11 Å². The minimum absolute atomic E-state index is 0.0433. The van der Waals surface area contributed by atoms with Crippen LogP contribution in [-0.4, -0.2) is 21.0 Å². The van der Waals surface area contributed by atoms with Crippen LogP contribution in [0, 0.1) is 0 Å². The van der Waals surface area contributed by atoms with Gasteiger partial charge in [0.15, 0.2) is 0 Å². The third-order valence-corrected chi connectivity index (χ3v) is 3.75. The van der Waals surface area contributed by atoms with Crippen molar-refractivity contribution in [2.24, 2.45) is 0 Å². The first-order valence-corrected chi connectivity index (χ1v) is 6.80. The number of nitrogens with one attached hydrogen (secondary N) is 1. The number of thiazole rings is 1. The van der Waals surface area contributed by atoms with Crippen LogP contribution >= 0.6 is 11.3 Å². The van der Waals surface area contributed by atoms with Crippen LogP contribution in [0.15, 0.2) is 29.9 Å². The van der Waals surface area contributed by atoms with Gasteiger partial charge in [0.05, 0.1) is 17.3 Å². The van der Waals surface area contributed by atoms with Crippen molar-refractivity contribution < 1.29 is 9.90 Å². The molecule has 5 nitrogen and oxygen atoms in total. The maximum absolute atomic E-state index is 10.9. The van der Waals surface area contributed by atoms with Crippen LogP contribution in [0.5, 0.6) is 0 Å². The van der Waals surface area contributed by atoms with Crippen molar-refractivity contribution in [1.29, 1.82) is 0 Å². The average molecular weight is 277 g/mol. The number of carboxylic acids is 1. The molecule has 2 aromatic heterocycles. The highest BCUT2D eigenvalue weighted by Crippen LogP contribution is 2.20. The molecule has 0 aliphatic rings. The van der Waals surface area contributed by atoms with Crippen LogP contribution in [0.3, 0.4) is 0 Å². The van der Waals surface area contributed by atoms with E-state index in [1.807, 2.05) is 19.2 Å². The molecule has 0 fully saturated rings. The lowest BCUT2D eigenvalue weighted by Crippen LogP contribution is -2.23. The molecule has 0 spiro atoms. The van der Waals surface area contributed by atoms with Crippen molar-refractivity contribution >= 4 is 17.3 Å². The van der Waals surface area contributed by atoms with Crippen LogP contribution in [0.4, 0.5) is 0 Å². The molecule has 2 atom stereocenters. The van der Waals surface area contributed by atoms with Crippen LogP contribution < -0.4 is 5.32 Å². The summed E-state index contributed by atoms with van der Waals surface area (Å²) in [5.41, 5.74) is 0.962. The maximum atomic E-state index is 10.9. The fourth-order valence-corrected chi connectivity index (χ4v) is 2.45. The zero-order valence-corrected chi connectivity index (χ0v) is 11.5. The minimum atomic E-state index is -0.941. The molecule has 1 unspecified atom stereocenters. The van der Waals surface area contributed by atoms with E-state index in [0.717, 1.165) is 5.01 Å². The minimum Gasteiger partial charge on any atom is -0.478 e. The van der Waals surface area contributed by atoms with Crippen LogP contribution in [0.25, 0.3) is 0 Å². The first kappa shape index (κ1) is 13.6. The summed E-state index contributed by atoms with van der Waals surface area (Å²) in [6.07, 6.45) is 3.29. The van der Waals surface area contributed by atoms with Gasteiger partial charge >= 0.3 is 5.97 Å². The van der Waals surface area contributed by atoms with E-state index >= 15 is 0 Å². The fourth-order valence-electron chi connectivity index (χ4n) is 1.80. The van der Waals surface area contributed by atoms with Crippen molar-refractivity contribution in [2.45, 2.75) is 25.9 Å². The molecular weight excluding hydrogens is 262 g/mol. The molecule has 0 amide bonds. The van der Waals surface area contributed by atoms with Gasteiger partial charge in [0, 0.05) is 23.8 Å². The maximum Gasteiger partial charge on any atom is 0.335 e. The largest absolute Gasteiger partial charge is 0.478 e. The number of carbonyl (C=O) groups is 1. The molecule has 2 heterocycles. The number of hydrogen-bond donors (Lipinski definition) is 2. The van der Waals surface area contributed by atoms with E-state index in [1.165, 1.54) is 12.3 Å². The van der Waals surface area contributed by atoms with Gasteiger partial charge in [-0.15, -0.1) is 11.3 Å². The first-order chi connectivity index (χ1) is 9.08. The highest BCUT2D eigenvalue weighted by Gasteiger charge is 2.15. The van der Waals surface area contributed by atoms with Crippen molar-refractivity contribution in [1.82, 2.24) is 15.3 Å². The normalized spacial score (nSPS) is 14.0. The molecule has 2 N–H and O–H groups in total. The molecule has 0 aromatic carbocycles. The van der Waals surface area contributed by atoms with Crippen LogP contribution in [0.2, 0.25) is 0 Å². The van der Waals surface area contributed by atoms with E-state index in [-0.39, 0.29) is 17.6 Å². The molecule has 19 heavy (non-hydrogen) atoms. The fraction of sp³-hybridized carbons (Fsp3) is 0.308. The summed E-state index contributed by atoms with van der Waals surface area (Å²) in [4.78, 5) is 19.4. The lowest BCUT2D eigenvalue weighted by molar-refractivity contribution is 0.0696. The third kappa shape index (κ3) is 3.36. The Labute approximate surface area is 115 Å². The topological polar surface area (TPSA) is 75.1 Å². The Bertz CT molecular complexity index is 557. The summed E-state index contributed by atoms with van der Waals surface area (Å²) in [6, 6.07) is 3.14. The average Bonchev–Trinajstić information content (AvgIpc) is 2.92. The zero-order chi connectivity index (χ0) is 13.8. The number of aromatic nitrogens is 2. The summed E-state index contributed by atoms with van der Waals surface area (Å²) >= 11 is 1.59. The number of hydrogen-bond acceptors (Lipinski definition) is 5. The quantitative estimate of drug-likeness (QED) is 0.878. The van der Waals surface area contributed by atoms with Gasteiger partial charge in [0.2, 0.25) is 0 Å². The standard InChI is InChI=1S/C13H15N3O2S/c1-8(16-9(2)12-15-5-6-19-12)11-7-10(13(17)18)3-4-14-11/h3-9,16H,1-2H3,(H,17,18)/t8?,9-/m1/s1. The predicted octanol–water partition coefficient (Wildman–Crippen LogP) is 2.65. The Kier molecular flexibility index (Phi) is 4.24. The Morgan fingerprint density at radius 1 is 1.32 bits per heavy atom. The van der Waals surface area contributed by atoms with E-state index in [2.05, 4.69) is 15.3 Å². The highest BCUT2D eigenvalue weighted by molar-refractivity contribution is 7.09. The van der Waals surface area contributed by atoms with Crippen molar-refractivity contribution in [3.8, 4) is 0 Å². The lowest BCUT2D eigenvalue weighted by atomic mass is 10.1. The number of aromatic carboxylic acids is 1. The molecule has 2 rings (SSSR count). The molecule has 0 aliphatic heterocycles. The van der Waals surface area contributed by atoms with E-state index < -0.39 is 5.97 Å². The first-order valence-electron chi connectivity index (χ1n) is 5.92. The van der Waals surface area contributed by atoms with Crippen molar-refractivity contribution in [2.75, 3.05) is 0 Å². The Hall–Kier alpha value is -1.79. The molecule has 0 saturated heterocycles.